The molecule has 1 aromatic carbocycles. The number of rotatable bonds is 9. The molecule has 0 aliphatic carbocycles. The molecule has 23 heavy (non-hydrogen) atoms. The zero-order valence-electron chi connectivity index (χ0n) is 12.5. The number of carboxylic acid groups (broad SMARTS) is 1. The van der Waals surface area contributed by atoms with E-state index in [9.17, 15) is 18.8 Å². The quantitative estimate of drug-likeness (QED) is 0.592. The van der Waals surface area contributed by atoms with Gasteiger partial charge in [0.05, 0.1) is 13.0 Å². The molecular formula is C16H19FN2O4. The van der Waals surface area contributed by atoms with E-state index >= 15 is 0 Å². The lowest BCUT2D eigenvalue weighted by Gasteiger charge is -2.14. The molecule has 2 amide bonds. The molecule has 1 atom stereocenters. The number of hydrogen-bond acceptors (Lipinski definition) is 3. The normalized spacial score (nSPS) is 11.3. The minimum Gasteiger partial charge on any atom is -0.480 e. The standard InChI is InChI=1S/C16H19FN2O4/c1-2-3-7-13(16(22)23)19-15(21)10-18-14(20)9-11-5-4-6-12(17)8-11/h2,4-6,8,13H,1,3,7,9-10H2,(H,18,20)(H,19,21)(H,22,23). The van der Waals surface area contributed by atoms with Crippen molar-refractivity contribution in [3.8, 4) is 0 Å². The number of nitrogens with one attached hydrogen (secondary N) is 2. The molecule has 3 N–H and O–H groups in total. The van der Waals surface area contributed by atoms with Gasteiger partial charge in [-0.05, 0) is 30.5 Å². The molecule has 7 heteroatoms. The molecule has 0 radical (unpaired) electrons. The zero-order chi connectivity index (χ0) is 17.2. The molecule has 0 heterocycles. The molecule has 0 bridgehead atoms. The van der Waals surface area contributed by atoms with Gasteiger partial charge < -0.3 is 15.7 Å². The van der Waals surface area contributed by atoms with E-state index in [0.29, 0.717) is 12.0 Å². The second kappa shape index (κ2) is 9.34. The van der Waals surface area contributed by atoms with Crippen molar-refractivity contribution >= 4 is 17.8 Å². The number of benzene rings is 1. The molecule has 0 spiro atoms. The van der Waals surface area contributed by atoms with Crippen LogP contribution < -0.4 is 10.6 Å². The van der Waals surface area contributed by atoms with Crippen LogP contribution in [0.4, 0.5) is 4.39 Å². The van der Waals surface area contributed by atoms with Crippen LogP contribution in [0.25, 0.3) is 0 Å². The third-order valence-corrected chi connectivity index (χ3v) is 2.99. The first kappa shape index (κ1) is 18.3. The first-order chi connectivity index (χ1) is 10.9. The van der Waals surface area contributed by atoms with E-state index in [1.54, 1.807) is 12.1 Å². The fourth-order valence-corrected chi connectivity index (χ4v) is 1.86. The van der Waals surface area contributed by atoms with Gasteiger partial charge in [-0.1, -0.05) is 18.2 Å². The highest BCUT2D eigenvalue weighted by Gasteiger charge is 2.19. The Morgan fingerprint density at radius 1 is 1.30 bits per heavy atom. The van der Waals surface area contributed by atoms with Gasteiger partial charge in [0.25, 0.3) is 0 Å². The lowest BCUT2D eigenvalue weighted by Crippen LogP contribution is -2.45. The first-order valence-electron chi connectivity index (χ1n) is 7.06. The second-order valence-electron chi connectivity index (χ2n) is 4.91. The van der Waals surface area contributed by atoms with Crippen molar-refractivity contribution in [2.24, 2.45) is 0 Å². The number of carbonyl (C=O) groups excluding carboxylic acids is 2. The monoisotopic (exact) mass is 322 g/mol. The summed E-state index contributed by atoms with van der Waals surface area (Å²) in [6, 6.07) is 4.56. The third kappa shape index (κ3) is 7.21. The van der Waals surface area contributed by atoms with E-state index < -0.39 is 29.6 Å². The average molecular weight is 322 g/mol. The highest BCUT2D eigenvalue weighted by Crippen LogP contribution is 2.04. The molecule has 0 saturated carbocycles. The van der Waals surface area contributed by atoms with Crippen LogP contribution in [-0.4, -0.2) is 35.5 Å². The minimum atomic E-state index is -1.15. The molecule has 1 unspecified atom stereocenters. The van der Waals surface area contributed by atoms with Gasteiger partial charge in [0, 0.05) is 0 Å². The van der Waals surface area contributed by atoms with Gasteiger partial charge in [-0.25, -0.2) is 9.18 Å². The maximum Gasteiger partial charge on any atom is 0.326 e. The van der Waals surface area contributed by atoms with Gasteiger partial charge in [0.15, 0.2) is 0 Å². The van der Waals surface area contributed by atoms with Crippen molar-refractivity contribution in [3.05, 3.63) is 48.3 Å². The van der Waals surface area contributed by atoms with Crippen molar-refractivity contribution in [1.82, 2.24) is 10.6 Å². The second-order valence-corrected chi connectivity index (χ2v) is 4.91. The Morgan fingerprint density at radius 2 is 2.04 bits per heavy atom. The van der Waals surface area contributed by atoms with E-state index in [1.165, 1.54) is 18.2 Å². The predicted octanol–water partition coefficient (Wildman–Crippen LogP) is 1.02. The zero-order valence-corrected chi connectivity index (χ0v) is 12.5. The fraction of sp³-hybridized carbons (Fsp3) is 0.312. The van der Waals surface area contributed by atoms with Gasteiger partial charge in [-0.3, -0.25) is 9.59 Å². The van der Waals surface area contributed by atoms with Gasteiger partial charge >= 0.3 is 5.97 Å². The van der Waals surface area contributed by atoms with E-state index in [-0.39, 0.29) is 19.4 Å². The molecule has 0 fully saturated rings. The molecule has 0 aromatic heterocycles. The van der Waals surface area contributed by atoms with Crippen LogP contribution >= 0.6 is 0 Å². The average Bonchev–Trinajstić information content (AvgIpc) is 2.49. The van der Waals surface area contributed by atoms with Crippen LogP contribution in [0.1, 0.15) is 18.4 Å². The number of halogens is 1. The molecule has 0 aliphatic rings. The van der Waals surface area contributed by atoms with E-state index in [4.69, 9.17) is 5.11 Å². The number of hydrogen-bond donors (Lipinski definition) is 3. The lowest BCUT2D eigenvalue weighted by molar-refractivity contribution is -0.141. The summed E-state index contributed by atoms with van der Waals surface area (Å²) in [5, 5.41) is 13.7. The van der Waals surface area contributed by atoms with Gasteiger partial charge in [0.2, 0.25) is 11.8 Å². The summed E-state index contributed by atoms with van der Waals surface area (Å²) >= 11 is 0. The molecule has 1 rings (SSSR count). The Kier molecular flexibility index (Phi) is 7.45. The summed E-state index contributed by atoms with van der Waals surface area (Å²) in [7, 11) is 0. The summed E-state index contributed by atoms with van der Waals surface area (Å²) in [5.41, 5.74) is 0.484. The Morgan fingerprint density at radius 3 is 2.65 bits per heavy atom. The molecular weight excluding hydrogens is 303 g/mol. The summed E-state index contributed by atoms with van der Waals surface area (Å²) in [5.74, 6) is -2.65. The van der Waals surface area contributed by atoms with Gasteiger partial charge in [0.1, 0.15) is 11.9 Å². The molecule has 1 aromatic rings. The van der Waals surface area contributed by atoms with Crippen LogP contribution in [0.2, 0.25) is 0 Å². The van der Waals surface area contributed by atoms with E-state index in [2.05, 4.69) is 17.2 Å². The van der Waals surface area contributed by atoms with Crippen molar-refractivity contribution in [2.45, 2.75) is 25.3 Å². The highest BCUT2D eigenvalue weighted by atomic mass is 19.1. The van der Waals surface area contributed by atoms with Crippen LogP contribution in [0.3, 0.4) is 0 Å². The maximum absolute atomic E-state index is 13.0. The molecule has 0 aliphatic heterocycles. The van der Waals surface area contributed by atoms with Crippen LogP contribution in [0.5, 0.6) is 0 Å². The minimum absolute atomic E-state index is 0.0656. The number of allylic oxidation sites excluding steroid dienone is 1. The van der Waals surface area contributed by atoms with Crippen LogP contribution in [-0.2, 0) is 20.8 Å². The van der Waals surface area contributed by atoms with E-state index in [1.807, 2.05) is 0 Å². The number of amides is 2. The number of carboxylic acids is 1. The highest BCUT2D eigenvalue weighted by molar-refractivity contribution is 5.88. The Labute approximate surface area is 133 Å². The fourth-order valence-electron chi connectivity index (χ4n) is 1.86. The largest absolute Gasteiger partial charge is 0.480 e. The first-order valence-corrected chi connectivity index (χ1v) is 7.06. The van der Waals surface area contributed by atoms with Crippen LogP contribution in [0, 0.1) is 5.82 Å². The van der Waals surface area contributed by atoms with Crippen LogP contribution in [0.15, 0.2) is 36.9 Å². The Bertz CT molecular complexity index is 589. The van der Waals surface area contributed by atoms with Crippen molar-refractivity contribution in [2.75, 3.05) is 6.54 Å². The Hall–Kier alpha value is -2.70. The molecule has 124 valence electrons. The number of carbonyl (C=O) groups is 3. The van der Waals surface area contributed by atoms with Crippen molar-refractivity contribution in [3.63, 3.8) is 0 Å². The van der Waals surface area contributed by atoms with Crippen molar-refractivity contribution < 1.29 is 23.9 Å². The summed E-state index contributed by atoms with van der Waals surface area (Å²) in [4.78, 5) is 34.3. The molecule has 0 saturated heterocycles. The summed E-state index contributed by atoms with van der Waals surface area (Å²) < 4.78 is 13.0. The summed E-state index contributed by atoms with van der Waals surface area (Å²) in [6.45, 7) is 3.15. The Balaban J connectivity index is 2.40. The predicted molar refractivity (Wildman–Crippen MR) is 82.1 cm³/mol. The maximum atomic E-state index is 13.0. The van der Waals surface area contributed by atoms with Gasteiger partial charge in [-0.2, -0.15) is 0 Å². The summed E-state index contributed by atoms with van der Waals surface area (Å²) in [6.07, 6.45) is 2.16. The van der Waals surface area contributed by atoms with E-state index in [0.717, 1.165) is 0 Å². The molecule has 6 nitrogen and oxygen atoms in total. The van der Waals surface area contributed by atoms with Gasteiger partial charge in [-0.15, -0.1) is 6.58 Å². The van der Waals surface area contributed by atoms with Crippen molar-refractivity contribution in [1.29, 1.82) is 0 Å². The topological polar surface area (TPSA) is 95.5 Å². The third-order valence-electron chi connectivity index (χ3n) is 2.99. The SMILES string of the molecule is C=CCCC(NC(=O)CNC(=O)Cc1cccc(F)c1)C(=O)O. The lowest BCUT2D eigenvalue weighted by atomic mass is 10.1. The number of aliphatic carboxylic acids is 1. The smallest absolute Gasteiger partial charge is 0.326 e.